The predicted octanol–water partition coefficient (Wildman–Crippen LogP) is 4.71. The van der Waals surface area contributed by atoms with Crippen LogP contribution < -0.4 is 15.1 Å². The van der Waals surface area contributed by atoms with Crippen molar-refractivity contribution in [1.82, 2.24) is 14.9 Å². The molecular formula is C23H27N5S. The maximum Gasteiger partial charge on any atom is 0.174 e. The third-order valence-electron chi connectivity index (χ3n) is 5.42. The van der Waals surface area contributed by atoms with E-state index in [4.69, 9.17) is 12.2 Å². The summed E-state index contributed by atoms with van der Waals surface area (Å²) in [5, 5.41) is 4.24. The molecule has 1 N–H and O–H groups in total. The summed E-state index contributed by atoms with van der Waals surface area (Å²) in [6.07, 6.45) is 6.21. The molecule has 2 aromatic heterocycles. The van der Waals surface area contributed by atoms with Crippen molar-refractivity contribution in [2.45, 2.75) is 32.0 Å². The minimum absolute atomic E-state index is 0.0137. The Morgan fingerprint density at radius 1 is 1.07 bits per heavy atom. The number of nitrogens with zero attached hydrogens (tertiary/aromatic N) is 4. The summed E-state index contributed by atoms with van der Waals surface area (Å²) in [5.41, 5.74) is 4.45. The second kappa shape index (κ2) is 7.87. The second-order valence-corrected chi connectivity index (χ2v) is 8.28. The van der Waals surface area contributed by atoms with Crippen LogP contribution in [0.2, 0.25) is 0 Å². The van der Waals surface area contributed by atoms with Crippen LogP contribution in [0.5, 0.6) is 0 Å². The molecule has 150 valence electrons. The van der Waals surface area contributed by atoms with Gasteiger partial charge in [0.2, 0.25) is 0 Å². The zero-order chi connectivity index (χ0) is 20.5. The number of rotatable bonds is 5. The van der Waals surface area contributed by atoms with Crippen LogP contribution in [0.4, 0.5) is 11.4 Å². The van der Waals surface area contributed by atoms with Gasteiger partial charge in [0.25, 0.3) is 0 Å². The van der Waals surface area contributed by atoms with E-state index in [2.05, 4.69) is 87.3 Å². The minimum atomic E-state index is -0.0137. The van der Waals surface area contributed by atoms with Crippen LogP contribution in [0.3, 0.4) is 0 Å². The molecule has 1 aliphatic rings. The van der Waals surface area contributed by atoms with Crippen LogP contribution in [-0.2, 0) is 0 Å². The molecule has 0 saturated carbocycles. The summed E-state index contributed by atoms with van der Waals surface area (Å²) >= 11 is 5.79. The summed E-state index contributed by atoms with van der Waals surface area (Å²) in [4.78, 5) is 8.93. The zero-order valence-corrected chi connectivity index (χ0v) is 18.1. The highest BCUT2D eigenvalue weighted by Crippen LogP contribution is 2.42. The largest absolute Gasteiger partial charge is 0.378 e. The van der Waals surface area contributed by atoms with Gasteiger partial charge in [0, 0.05) is 50.1 Å². The molecule has 5 nitrogen and oxygen atoms in total. The lowest BCUT2D eigenvalue weighted by molar-refractivity contribution is 0.560. The molecule has 6 heteroatoms. The van der Waals surface area contributed by atoms with Crippen molar-refractivity contribution in [3.05, 3.63) is 78.4 Å². The molecule has 29 heavy (non-hydrogen) atoms. The van der Waals surface area contributed by atoms with Crippen molar-refractivity contribution in [2.75, 3.05) is 23.9 Å². The van der Waals surface area contributed by atoms with Crippen molar-refractivity contribution < 1.29 is 0 Å². The van der Waals surface area contributed by atoms with Crippen LogP contribution in [0.1, 0.15) is 43.2 Å². The molecule has 0 spiro atoms. The van der Waals surface area contributed by atoms with Gasteiger partial charge in [-0.05, 0) is 74.1 Å². The molecule has 1 saturated heterocycles. The molecule has 1 aromatic carbocycles. The number of aromatic nitrogens is 2. The summed E-state index contributed by atoms with van der Waals surface area (Å²) in [6.45, 7) is 4.38. The fraction of sp³-hybridized carbons (Fsp3) is 0.304. The highest BCUT2D eigenvalue weighted by Gasteiger charge is 2.41. The van der Waals surface area contributed by atoms with E-state index in [-0.39, 0.29) is 12.1 Å². The summed E-state index contributed by atoms with van der Waals surface area (Å²) < 4.78 is 2.24. The van der Waals surface area contributed by atoms with Gasteiger partial charge in [-0.1, -0.05) is 6.07 Å². The van der Waals surface area contributed by atoms with E-state index < -0.39 is 0 Å². The maximum atomic E-state index is 5.79. The normalized spacial score (nSPS) is 18.9. The number of hydrogen-bond acceptors (Lipinski definition) is 3. The van der Waals surface area contributed by atoms with E-state index in [0.717, 1.165) is 22.2 Å². The fourth-order valence-corrected chi connectivity index (χ4v) is 4.16. The van der Waals surface area contributed by atoms with Crippen LogP contribution in [0, 0.1) is 0 Å². The zero-order valence-electron chi connectivity index (χ0n) is 17.3. The van der Waals surface area contributed by atoms with E-state index in [1.165, 1.54) is 5.56 Å². The number of anilines is 2. The number of nitrogens with one attached hydrogen (secondary N) is 1. The van der Waals surface area contributed by atoms with Gasteiger partial charge in [-0.3, -0.25) is 4.98 Å². The standard InChI is InChI=1S/C23H27N5S/c1-16(2)27-14-12-17(15-27)22-21(20-7-5-6-13-24-20)25-23(29)28(22)19-10-8-18(9-11-19)26(3)4/h5-16,21-22H,1-4H3,(H,25,29)/t21-,22+/m1/s1. The topological polar surface area (TPSA) is 36.3 Å². The molecule has 1 fully saturated rings. The van der Waals surface area contributed by atoms with E-state index in [0.29, 0.717) is 6.04 Å². The Labute approximate surface area is 178 Å². The fourth-order valence-electron chi connectivity index (χ4n) is 3.81. The van der Waals surface area contributed by atoms with Gasteiger partial charge in [-0.15, -0.1) is 0 Å². The third kappa shape index (κ3) is 3.72. The first-order valence-corrected chi connectivity index (χ1v) is 10.3. The SMILES string of the molecule is CC(C)n1ccc([C@H]2[C@@H](c3ccccn3)NC(=S)N2c2ccc(N(C)C)cc2)c1. The van der Waals surface area contributed by atoms with Crippen LogP contribution in [0.25, 0.3) is 0 Å². The Morgan fingerprint density at radius 3 is 2.41 bits per heavy atom. The number of thiocarbonyl (C=S) groups is 1. The molecule has 0 radical (unpaired) electrons. The Balaban J connectivity index is 1.78. The molecule has 2 atom stereocenters. The Morgan fingerprint density at radius 2 is 1.83 bits per heavy atom. The summed E-state index contributed by atoms with van der Waals surface area (Å²) in [6, 6.07) is 17.2. The second-order valence-electron chi connectivity index (χ2n) is 7.89. The molecule has 4 rings (SSSR count). The summed E-state index contributed by atoms with van der Waals surface area (Å²) in [7, 11) is 4.09. The highest BCUT2D eigenvalue weighted by atomic mass is 32.1. The van der Waals surface area contributed by atoms with Gasteiger partial charge in [0.15, 0.2) is 5.11 Å². The van der Waals surface area contributed by atoms with Crippen molar-refractivity contribution in [3.8, 4) is 0 Å². The molecule has 0 bridgehead atoms. The molecule has 0 unspecified atom stereocenters. The maximum absolute atomic E-state index is 5.79. The molecule has 3 heterocycles. The van der Waals surface area contributed by atoms with Crippen molar-refractivity contribution in [2.24, 2.45) is 0 Å². The van der Waals surface area contributed by atoms with Gasteiger partial charge in [0.1, 0.15) is 0 Å². The predicted molar refractivity (Wildman–Crippen MR) is 124 cm³/mol. The monoisotopic (exact) mass is 405 g/mol. The first kappa shape index (κ1) is 19.5. The van der Waals surface area contributed by atoms with Crippen LogP contribution in [-0.4, -0.2) is 28.8 Å². The average molecular weight is 406 g/mol. The Hall–Kier alpha value is -2.86. The molecule has 3 aromatic rings. The Bertz CT molecular complexity index is 978. The number of hydrogen-bond donors (Lipinski definition) is 1. The lowest BCUT2D eigenvalue weighted by Crippen LogP contribution is -2.29. The quantitative estimate of drug-likeness (QED) is 0.622. The van der Waals surface area contributed by atoms with Gasteiger partial charge in [0.05, 0.1) is 17.8 Å². The smallest absolute Gasteiger partial charge is 0.174 e. The van der Waals surface area contributed by atoms with E-state index in [9.17, 15) is 0 Å². The first-order valence-electron chi connectivity index (χ1n) is 9.91. The molecule has 0 amide bonds. The third-order valence-corrected chi connectivity index (χ3v) is 5.73. The van der Waals surface area contributed by atoms with Gasteiger partial charge in [-0.25, -0.2) is 0 Å². The van der Waals surface area contributed by atoms with Gasteiger partial charge in [-0.2, -0.15) is 0 Å². The lowest BCUT2D eigenvalue weighted by atomic mass is 9.98. The average Bonchev–Trinajstić information content (AvgIpc) is 3.33. The highest BCUT2D eigenvalue weighted by molar-refractivity contribution is 7.80. The van der Waals surface area contributed by atoms with E-state index in [1.54, 1.807) is 0 Å². The van der Waals surface area contributed by atoms with Crippen molar-refractivity contribution in [1.29, 1.82) is 0 Å². The number of pyridine rings is 1. The minimum Gasteiger partial charge on any atom is -0.378 e. The molecule has 1 aliphatic heterocycles. The molecular weight excluding hydrogens is 378 g/mol. The lowest BCUT2D eigenvalue weighted by Gasteiger charge is -2.27. The van der Waals surface area contributed by atoms with Gasteiger partial charge < -0.3 is 19.7 Å². The van der Waals surface area contributed by atoms with Crippen molar-refractivity contribution in [3.63, 3.8) is 0 Å². The first-order chi connectivity index (χ1) is 14.0. The van der Waals surface area contributed by atoms with E-state index >= 15 is 0 Å². The number of benzene rings is 1. The van der Waals surface area contributed by atoms with Gasteiger partial charge >= 0.3 is 0 Å². The van der Waals surface area contributed by atoms with E-state index in [1.807, 2.05) is 32.4 Å². The van der Waals surface area contributed by atoms with Crippen molar-refractivity contribution >= 4 is 28.7 Å². The molecule has 0 aliphatic carbocycles. The van der Waals surface area contributed by atoms with Crippen LogP contribution >= 0.6 is 12.2 Å². The Kier molecular flexibility index (Phi) is 5.28. The summed E-state index contributed by atoms with van der Waals surface area (Å²) in [5.74, 6) is 0. The van der Waals surface area contributed by atoms with Crippen LogP contribution in [0.15, 0.2) is 67.1 Å².